The highest BCUT2D eigenvalue weighted by Gasteiger charge is 2.19. The fraction of sp³-hybridized carbons (Fsp3) is 0.562. The predicted molar refractivity (Wildman–Crippen MR) is 111 cm³/mol. The maximum atomic E-state index is 12.1. The van der Waals surface area contributed by atoms with Crippen LogP contribution in [0.2, 0.25) is 0 Å². The van der Waals surface area contributed by atoms with Crippen LogP contribution < -0.4 is 27.4 Å². The van der Waals surface area contributed by atoms with Gasteiger partial charge in [0.2, 0.25) is 5.95 Å². The van der Waals surface area contributed by atoms with E-state index in [-0.39, 0.29) is 29.4 Å². The molecule has 0 saturated heterocycles. The molecule has 0 saturated carbocycles. The van der Waals surface area contributed by atoms with E-state index in [1.54, 1.807) is 0 Å². The lowest BCUT2D eigenvalue weighted by molar-refractivity contribution is 0.233. The third-order valence-corrected chi connectivity index (χ3v) is 5.18. The van der Waals surface area contributed by atoms with Crippen molar-refractivity contribution in [2.24, 2.45) is 5.73 Å². The van der Waals surface area contributed by atoms with Gasteiger partial charge in [-0.2, -0.15) is 4.98 Å². The van der Waals surface area contributed by atoms with Gasteiger partial charge in [-0.15, -0.1) is 0 Å². The van der Waals surface area contributed by atoms with E-state index in [1.165, 1.54) is 10.9 Å². The number of fused-ring (bicyclic) bond motifs is 1. The molecule has 29 heavy (non-hydrogen) atoms. The summed E-state index contributed by atoms with van der Waals surface area (Å²) in [5.74, 6) is 0.191. The van der Waals surface area contributed by atoms with Gasteiger partial charge in [0.1, 0.15) is 5.76 Å². The molecule has 1 atom stereocenters. The minimum Gasteiger partial charge on any atom is -0.485 e. The first kappa shape index (κ1) is 23.0. The van der Waals surface area contributed by atoms with Gasteiger partial charge in [-0.05, 0) is 38.9 Å². The highest BCUT2D eigenvalue weighted by molar-refractivity contribution is 7.55. The van der Waals surface area contributed by atoms with Crippen LogP contribution in [-0.4, -0.2) is 56.9 Å². The number of hydrogen-bond donors (Lipinski definition) is 6. The summed E-state index contributed by atoms with van der Waals surface area (Å²) in [5.41, 5.74) is 10.9. The van der Waals surface area contributed by atoms with Crippen LogP contribution in [0, 0.1) is 0 Å². The second kappa shape index (κ2) is 11.1. The lowest BCUT2D eigenvalue weighted by atomic mass is 10.3. The minimum absolute atomic E-state index is 0.0336. The number of aromatic amines is 1. The number of imidazole rings is 1. The number of unbranched alkanes of at least 4 members (excludes halogenated alkanes) is 1. The Morgan fingerprint density at radius 3 is 2.86 bits per heavy atom. The van der Waals surface area contributed by atoms with Gasteiger partial charge in [-0.1, -0.05) is 6.58 Å². The van der Waals surface area contributed by atoms with E-state index in [4.69, 9.17) is 16.2 Å². The van der Waals surface area contributed by atoms with E-state index in [2.05, 4.69) is 31.9 Å². The van der Waals surface area contributed by atoms with Crippen molar-refractivity contribution in [3.05, 3.63) is 29.0 Å². The molecular weight excluding hydrogens is 399 g/mol. The van der Waals surface area contributed by atoms with Crippen molar-refractivity contribution >= 4 is 24.6 Å². The van der Waals surface area contributed by atoms with Gasteiger partial charge in [0.15, 0.2) is 17.5 Å². The van der Waals surface area contributed by atoms with Crippen LogP contribution in [0.15, 0.2) is 23.5 Å². The van der Waals surface area contributed by atoms with E-state index in [9.17, 15) is 14.3 Å². The summed E-state index contributed by atoms with van der Waals surface area (Å²) < 4.78 is 19.0. The van der Waals surface area contributed by atoms with Crippen molar-refractivity contribution in [2.45, 2.75) is 25.8 Å². The maximum Gasteiger partial charge on any atom is 0.303 e. The fourth-order valence-electron chi connectivity index (χ4n) is 2.53. The van der Waals surface area contributed by atoms with Gasteiger partial charge >= 0.3 is 7.52 Å². The maximum absolute atomic E-state index is 12.1. The SMILES string of the molecule is C=C(Cn1cnc2c(=O)[nH]c(N)nc21)OCP(=O)(O)NCCCNCCCCN. The molecule has 12 nitrogen and oxygen atoms in total. The van der Waals surface area contributed by atoms with Gasteiger partial charge in [-0.3, -0.25) is 14.3 Å². The summed E-state index contributed by atoms with van der Waals surface area (Å²) in [6, 6.07) is 0. The molecule has 0 radical (unpaired) electrons. The number of hydrogen-bond acceptors (Lipinski definition) is 8. The lowest BCUT2D eigenvalue weighted by Crippen LogP contribution is -2.22. The topological polar surface area (TPSA) is 186 Å². The Kier molecular flexibility index (Phi) is 8.80. The third-order valence-electron chi connectivity index (χ3n) is 3.98. The highest BCUT2D eigenvalue weighted by Crippen LogP contribution is 2.35. The quantitative estimate of drug-likeness (QED) is 0.132. The smallest absolute Gasteiger partial charge is 0.303 e. The second-order valence-electron chi connectivity index (χ2n) is 6.52. The number of allylic oxidation sites excluding steroid dienone is 1. The first-order valence-electron chi connectivity index (χ1n) is 9.31. The van der Waals surface area contributed by atoms with Crippen molar-refractivity contribution in [3.63, 3.8) is 0 Å². The summed E-state index contributed by atoms with van der Waals surface area (Å²) in [5, 5.41) is 5.86. The van der Waals surface area contributed by atoms with Gasteiger partial charge in [-0.25, -0.2) is 10.1 Å². The summed E-state index contributed by atoms with van der Waals surface area (Å²) in [7, 11) is -3.66. The number of rotatable bonds is 14. The number of nitrogens with two attached hydrogens (primary N) is 2. The van der Waals surface area contributed by atoms with Crippen LogP contribution in [0.4, 0.5) is 5.95 Å². The average Bonchev–Trinajstić information content (AvgIpc) is 3.05. The standard InChI is InChI=1S/C16H29N8O4P/c1-12(9-24-10-20-13-14(24)22-16(18)23-15(13)25)28-11-29(26,27)21-8-4-7-19-6-3-2-5-17/h10,19H,1-9,11,17H2,(H2,21,26,27)(H3,18,22,23,25). The molecule has 0 fully saturated rings. The van der Waals surface area contributed by atoms with Crippen LogP contribution in [-0.2, 0) is 15.8 Å². The van der Waals surface area contributed by atoms with Crippen LogP contribution in [0.1, 0.15) is 19.3 Å². The zero-order valence-electron chi connectivity index (χ0n) is 16.3. The van der Waals surface area contributed by atoms with Gasteiger partial charge in [0, 0.05) is 6.54 Å². The number of nitrogens with one attached hydrogen (secondary N) is 3. The van der Waals surface area contributed by atoms with E-state index in [0.29, 0.717) is 19.5 Å². The second-order valence-corrected chi connectivity index (χ2v) is 8.49. The molecule has 2 rings (SSSR count). The number of H-pyrrole nitrogens is 1. The molecule has 2 aromatic rings. The number of nitrogen functional groups attached to an aromatic ring is 1. The van der Waals surface area contributed by atoms with E-state index in [0.717, 1.165) is 25.9 Å². The molecule has 2 heterocycles. The first-order chi connectivity index (χ1) is 13.8. The van der Waals surface area contributed by atoms with Crippen molar-refractivity contribution in [1.82, 2.24) is 29.9 Å². The van der Waals surface area contributed by atoms with Crippen LogP contribution >= 0.6 is 7.52 Å². The van der Waals surface area contributed by atoms with Crippen molar-refractivity contribution in [3.8, 4) is 0 Å². The molecule has 1 unspecified atom stereocenters. The van der Waals surface area contributed by atoms with Crippen molar-refractivity contribution < 1.29 is 14.2 Å². The normalized spacial score (nSPS) is 13.4. The van der Waals surface area contributed by atoms with Crippen molar-refractivity contribution in [2.75, 3.05) is 38.3 Å². The first-order valence-corrected chi connectivity index (χ1v) is 11.2. The van der Waals surface area contributed by atoms with Crippen LogP contribution in [0.25, 0.3) is 11.2 Å². The Morgan fingerprint density at radius 2 is 2.10 bits per heavy atom. The molecule has 0 aromatic carbocycles. The Bertz CT molecular complexity index is 912. The summed E-state index contributed by atoms with van der Waals surface area (Å²) in [6.45, 7) is 6.53. The molecule has 162 valence electrons. The minimum atomic E-state index is -3.66. The predicted octanol–water partition coefficient (Wildman–Crippen LogP) is -0.317. The third kappa shape index (κ3) is 7.59. The zero-order chi connectivity index (χ0) is 21.3. The van der Waals surface area contributed by atoms with Gasteiger partial charge < -0.3 is 31.0 Å². The van der Waals surface area contributed by atoms with Crippen LogP contribution in [0.5, 0.6) is 0 Å². The van der Waals surface area contributed by atoms with E-state index in [1.807, 2.05) is 0 Å². The number of ether oxygens (including phenoxy) is 1. The Hall–Kier alpha value is -2.24. The molecule has 13 heteroatoms. The van der Waals surface area contributed by atoms with Gasteiger partial charge in [0.05, 0.1) is 12.9 Å². The molecule has 0 aliphatic carbocycles. The molecule has 0 amide bonds. The highest BCUT2D eigenvalue weighted by atomic mass is 31.2. The molecule has 0 bridgehead atoms. The average molecular weight is 428 g/mol. The number of anilines is 1. The molecule has 0 aliphatic rings. The van der Waals surface area contributed by atoms with Gasteiger partial charge in [0.25, 0.3) is 5.56 Å². The number of aromatic nitrogens is 4. The Morgan fingerprint density at radius 1 is 1.34 bits per heavy atom. The Labute approximate surface area is 168 Å². The fourth-order valence-corrected chi connectivity index (χ4v) is 3.49. The molecule has 0 aliphatic heterocycles. The zero-order valence-corrected chi connectivity index (χ0v) is 17.2. The number of nitrogens with zero attached hydrogens (tertiary/aromatic N) is 3. The summed E-state index contributed by atoms with van der Waals surface area (Å²) in [6.07, 6.45) is 3.68. The lowest BCUT2D eigenvalue weighted by Gasteiger charge is -2.16. The summed E-state index contributed by atoms with van der Waals surface area (Å²) >= 11 is 0. The molecule has 0 spiro atoms. The van der Waals surface area contributed by atoms with E-state index >= 15 is 0 Å². The summed E-state index contributed by atoms with van der Waals surface area (Å²) in [4.78, 5) is 32.1. The molecule has 8 N–H and O–H groups in total. The Balaban J connectivity index is 1.73. The molecular formula is C16H29N8O4P. The van der Waals surface area contributed by atoms with Crippen LogP contribution in [0.3, 0.4) is 0 Å². The van der Waals surface area contributed by atoms with Crippen molar-refractivity contribution in [1.29, 1.82) is 0 Å². The molecule has 2 aromatic heterocycles. The monoisotopic (exact) mass is 428 g/mol. The largest absolute Gasteiger partial charge is 0.485 e. The van der Waals surface area contributed by atoms with E-state index < -0.39 is 19.4 Å².